The molecule has 17 heavy (non-hydrogen) atoms. The molecule has 2 aromatic rings. The monoisotopic (exact) mass is 233 g/mol. The van der Waals surface area contributed by atoms with Crippen molar-refractivity contribution in [2.45, 2.75) is 26.3 Å². The molecular weight excluding hydrogens is 218 g/mol. The van der Waals surface area contributed by atoms with Crippen LogP contribution in [0.1, 0.15) is 25.5 Å². The number of fused-ring (bicyclic) bond motifs is 1. The maximum absolute atomic E-state index is 10.8. The zero-order valence-electron chi connectivity index (χ0n) is 9.84. The van der Waals surface area contributed by atoms with Crippen LogP contribution in [0.2, 0.25) is 0 Å². The summed E-state index contributed by atoms with van der Waals surface area (Å²) in [6, 6.07) is 5.30. The molecule has 0 radical (unpaired) electrons. The van der Waals surface area contributed by atoms with Crippen LogP contribution in [0.3, 0.4) is 0 Å². The Labute approximate surface area is 99.1 Å². The maximum Gasteiger partial charge on any atom is 0.307 e. The van der Waals surface area contributed by atoms with Crippen LogP contribution in [-0.2, 0) is 11.2 Å². The number of carbonyl (C=O) groups is 1. The van der Waals surface area contributed by atoms with Gasteiger partial charge in [0.15, 0.2) is 0 Å². The summed E-state index contributed by atoms with van der Waals surface area (Å²) in [5.74, 6) is -0.707. The predicted octanol–water partition coefficient (Wildman–Crippen LogP) is 2.55. The normalized spacial score (nSPS) is 11.2. The molecule has 2 rings (SSSR count). The van der Waals surface area contributed by atoms with E-state index in [-0.39, 0.29) is 18.2 Å². The first kappa shape index (κ1) is 11.5. The average molecular weight is 233 g/mol. The van der Waals surface area contributed by atoms with Gasteiger partial charge in [0, 0.05) is 23.1 Å². The lowest BCUT2D eigenvalue weighted by atomic mass is 10.1. The van der Waals surface area contributed by atoms with E-state index in [0.29, 0.717) is 0 Å². The van der Waals surface area contributed by atoms with Crippen LogP contribution >= 0.6 is 0 Å². The summed E-state index contributed by atoms with van der Waals surface area (Å²) in [7, 11) is 0. The minimum absolute atomic E-state index is 0.0281. The second-order valence-corrected chi connectivity index (χ2v) is 4.43. The number of phenolic OH excluding ortho intramolecular Hbond substituents is 1. The van der Waals surface area contributed by atoms with Gasteiger partial charge in [0.25, 0.3) is 0 Å². The van der Waals surface area contributed by atoms with E-state index in [1.54, 1.807) is 12.1 Å². The van der Waals surface area contributed by atoms with E-state index < -0.39 is 5.97 Å². The average Bonchev–Trinajstić information content (AvgIpc) is 2.56. The number of rotatable bonds is 3. The Balaban J connectivity index is 2.66. The molecule has 4 nitrogen and oxygen atoms in total. The Morgan fingerprint density at radius 2 is 2.12 bits per heavy atom. The summed E-state index contributed by atoms with van der Waals surface area (Å²) in [6.45, 7) is 4.08. The molecule has 0 atom stereocenters. The summed E-state index contributed by atoms with van der Waals surface area (Å²) in [5.41, 5.74) is 1.69. The number of benzene rings is 1. The van der Waals surface area contributed by atoms with Gasteiger partial charge < -0.3 is 14.8 Å². The molecule has 0 saturated carbocycles. The molecule has 4 heteroatoms. The van der Waals surface area contributed by atoms with Crippen LogP contribution in [0.5, 0.6) is 5.75 Å². The molecule has 0 saturated heterocycles. The summed E-state index contributed by atoms with van der Waals surface area (Å²) in [5, 5.41) is 19.2. The van der Waals surface area contributed by atoms with Crippen LogP contribution in [0.4, 0.5) is 0 Å². The fraction of sp³-hybridized carbons (Fsp3) is 0.308. The molecule has 2 N–H and O–H groups in total. The van der Waals surface area contributed by atoms with E-state index in [0.717, 1.165) is 16.5 Å². The van der Waals surface area contributed by atoms with Crippen molar-refractivity contribution in [3.8, 4) is 5.75 Å². The van der Waals surface area contributed by atoms with Crippen molar-refractivity contribution >= 4 is 16.9 Å². The Morgan fingerprint density at radius 3 is 2.71 bits per heavy atom. The summed E-state index contributed by atoms with van der Waals surface area (Å²) < 4.78 is 2.02. The number of nitrogens with zero attached hydrogens (tertiary/aromatic N) is 1. The molecule has 90 valence electrons. The minimum Gasteiger partial charge on any atom is -0.508 e. The van der Waals surface area contributed by atoms with E-state index >= 15 is 0 Å². The van der Waals surface area contributed by atoms with Crippen molar-refractivity contribution in [1.29, 1.82) is 0 Å². The Kier molecular flexibility index (Phi) is 2.79. The van der Waals surface area contributed by atoms with Crippen LogP contribution in [0.15, 0.2) is 24.4 Å². The number of phenols is 1. The minimum atomic E-state index is -0.865. The number of aliphatic carboxylic acids is 1. The molecule has 0 amide bonds. The second-order valence-electron chi connectivity index (χ2n) is 4.43. The van der Waals surface area contributed by atoms with Gasteiger partial charge in [-0.25, -0.2) is 0 Å². The Bertz CT molecular complexity index is 569. The number of hydrogen-bond acceptors (Lipinski definition) is 2. The summed E-state index contributed by atoms with van der Waals surface area (Å²) in [6.07, 6.45) is 1.82. The van der Waals surface area contributed by atoms with Crippen LogP contribution in [0, 0.1) is 0 Å². The Morgan fingerprint density at radius 1 is 1.41 bits per heavy atom. The molecule has 0 aliphatic carbocycles. The van der Waals surface area contributed by atoms with Crippen molar-refractivity contribution < 1.29 is 15.0 Å². The first-order valence-electron chi connectivity index (χ1n) is 5.53. The highest BCUT2D eigenvalue weighted by atomic mass is 16.4. The van der Waals surface area contributed by atoms with Crippen molar-refractivity contribution in [3.05, 3.63) is 30.0 Å². The van der Waals surface area contributed by atoms with Crippen molar-refractivity contribution in [2.24, 2.45) is 0 Å². The molecule has 0 fully saturated rings. The third-order valence-corrected chi connectivity index (χ3v) is 2.80. The fourth-order valence-corrected chi connectivity index (χ4v) is 2.04. The van der Waals surface area contributed by atoms with Gasteiger partial charge in [-0.3, -0.25) is 4.79 Å². The van der Waals surface area contributed by atoms with Gasteiger partial charge in [-0.05, 0) is 37.6 Å². The van der Waals surface area contributed by atoms with Gasteiger partial charge in [-0.15, -0.1) is 0 Å². The molecule has 0 spiro atoms. The third-order valence-electron chi connectivity index (χ3n) is 2.80. The van der Waals surface area contributed by atoms with Gasteiger partial charge in [0.2, 0.25) is 0 Å². The molecular formula is C13H15NO3. The highest BCUT2D eigenvalue weighted by Gasteiger charge is 2.13. The predicted molar refractivity (Wildman–Crippen MR) is 65.3 cm³/mol. The SMILES string of the molecule is CC(C)n1cc(CC(=O)O)c2cc(O)ccc21. The lowest BCUT2D eigenvalue weighted by Gasteiger charge is -2.08. The molecule has 0 bridgehead atoms. The molecule has 0 aliphatic heterocycles. The molecule has 0 aliphatic rings. The maximum atomic E-state index is 10.8. The zero-order chi connectivity index (χ0) is 12.6. The molecule has 0 unspecified atom stereocenters. The molecule has 1 heterocycles. The number of carboxylic acids is 1. The lowest BCUT2D eigenvalue weighted by Crippen LogP contribution is -2.00. The lowest BCUT2D eigenvalue weighted by molar-refractivity contribution is -0.136. The first-order chi connectivity index (χ1) is 7.99. The molecule has 1 aromatic heterocycles. The third kappa shape index (κ3) is 2.11. The molecule has 1 aromatic carbocycles. The van der Waals surface area contributed by atoms with E-state index in [1.165, 1.54) is 0 Å². The van der Waals surface area contributed by atoms with Crippen LogP contribution in [0.25, 0.3) is 10.9 Å². The largest absolute Gasteiger partial charge is 0.508 e. The van der Waals surface area contributed by atoms with Crippen molar-refractivity contribution in [3.63, 3.8) is 0 Å². The van der Waals surface area contributed by atoms with E-state index in [9.17, 15) is 9.90 Å². The topological polar surface area (TPSA) is 62.5 Å². The van der Waals surface area contributed by atoms with E-state index in [1.807, 2.05) is 30.7 Å². The standard InChI is InChI=1S/C13H15NO3/c1-8(2)14-7-9(5-13(16)17)11-6-10(15)3-4-12(11)14/h3-4,6-8,15H,5H2,1-2H3,(H,16,17). The smallest absolute Gasteiger partial charge is 0.307 e. The Hall–Kier alpha value is -1.97. The quantitative estimate of drug-likeness (QED) is 0.856. The highest BCUT2D eigenvalue weighted by Crippen LogP contribution is 2.28. The number of aromatic hydroxyl groups is 1. The van der Waals surface area contributed by atoms with Crippen LogP contribution < -0.4 is 0 Å². The van der Waals surface area contributed by atoms with Gasteiger partial charge in [0.05, 0.1) is 6.42 Å². The van der Waals surface area contributed by atoms with Crippen molar-refractivity contribution in [2.75, 3.05) is 0 Å². The van der Waals surface area contributed by atoms with Gasteiger partial charge >= 0.3 is 5.97 Å². The van der Waals surface area contributed by atoms with Crippen molar-refractivity contribution in [1.82, 2.24) is 4.57 Å². The van der Waals surface area contributed by atoms with E-state index in [4.69, 9.17) is 5.11 Å². The van der Waals surface area contributed by atoms with Crippen LogP contribution in [-0.4, -0.2) is 20.7 Å². The van der Waals surface area contributed by atoms with Gasteiger partial charge in [-0.2, -0.15) is 0 Å². The van der Waals surface area contributed by atoms with Gasteiger partial charge in [-0.1, -0.05) is 0 Å². The van der Waals surface area contributed by atoms with Gasteiger partial charge in [0.1, 0.15) is 5.75 Å². The number of aromatic nitrogens is 1. The fourth-order valence-electron chi connectivity index (χ4n) is 2.04. The highest BCUT2D eigenvalue weighted by molar-refractivity contribution is 5.88. The summed E-state index contributed by atoms with van der Waals surface area (Å²) >= 11 is 0. The number of carboxylic acid groups (broad SMARTS) is 1. The second kappa shape index (κ2) is 4.13. The number of hydrogen-bond donors (Lipinski definition) is 2. The summed E-state index contributed by atoms with van der Waals surface area (Å²) in [4.78, 5) is 10.8. The first-order valence-corrected chi connectivity index (χ1v) is 5.53. The zero-order valence-corrected chi connectivity index (χ0v) is 9.84. The van der Waals surface area contributed by atoms with E-state index in [2.05, 4.69) is 0 Å².